The van der Waals surface area contributed by atoms with Crippen molar-refractivity contribution in [3.8, 4) is 0 Å². The van der Waals surface area contributed by atoms with E-state index in [1.54, 1.807) is 57.2 Å². The van der Waals surface area contributed by atoms with E-state index in [0.29, 0.717) is 5.69 Å². The van der Waals surface area contributed by atoms with Gasteiger partial charge in [0.2, 0.25) is 0 Å². The molecule has 0 saturated carbocycles. The Bertz CT molecular complexity index is 914. The summed E-state index contributed by atoms with van der Waals surface area (Å²) in [5, 5.41) is 2.67. The number of carbonyl (C=O) groups excluding carboxylic acids is 1. The second-order valence-corrected chi connectivity index (χ2v) is 9.16. The molecular formula is C20H26N2O4S. The third-order valence-corrected chi connectivity index (χ3v) is 4.95. The number of rotatable bonds is 5. The summed E-state index contributed by atoms with van der Waals surface area (Å²) in [6.45, 7) is 9.36. The van der Waals surface area contributed by atoms with E-state index in [2.05, 4.69) is 10.0 Å². The average Bonchev–Trinajstić information content (AvgIpc) is 2.51. The molecule has 2 N–H and O–H groups in total. The van der Waals surface area contributed by atoms with Gasteiger partial charge in [-0.2, -0.15) is 0 Å². The van der Waals surface area contributed by atoms with Crippen molar-refractivity contribution in [2.45, 2.75) is 51.7 Å². The van der Waals surface area contributed by atoms with Gasteiger partial charge in [0.1, 0.15) is 5.60 Å². The summed E-state index contributed by atoms with van der Waals surface area (Å²) in [5.41, 5.74) is 2.49. The summed E-state index contributed by atoms with van der Waals surface area (Å²) in [6, 6.07) is 11.9. The Morgan fingerprint density at radius 2 is 1.63 bits per heavy atom. The number of hydrogen-bond acceptors (Lipinski definition) is 4. The summed E-state index contributed by atoms with van der Waals surface area (Å²) >= 11 is 0. The Morgan fingerprint density at radius 1 is 1.00 bits per heavy atom. The summed E-state index contributed by atoms with van der Waals surface area (Å²) in [7, 11) is -3.68. The maximum Gasteiger partial charge on any atom is 0.407 e. The second kappa shape index (κ2) is 8.00. The van der Waals surface area contributed by atoms with Crippen LogP contribution in [0, 0.1) is 13.8 Å². The molecule has 0 saturated heterocycles. The smallest absolute Gasteiger partial charge is 0.407 e. The Kier molecular flexibility index (Phi) is 6.15. The summed E-state index contributed by atoms with van der Waals surface area (Å²) in [5.74, 6) is 0. The molecule has 0 spiro atoms. The van der Waals surface area contributed by atoms with Crippen molar-refractivity contribution >= 4 is 21.8 Å². The first-order valence-electron chi connectivity index (χ1n) is 8.61. The lowest BCUT2D eigenvalue weighted by Gasteiger charge is -2.20. The van der Waals surface area contributed by atoms with Gasteiger partial charge >= 0.3 is 6.09 Å². The van der Waals surface area contributed by atoms with Crippen molar-refractivity contribution < 1.29 is 17.9 Å². The predicted octanol–water partition coefficient (Wildman–Crippen LogP) is 4.13. The fourth-order valence-corrected chi connectivity index (χ4v) is 3.48. The lowest BCUT2D eigenvalue weighted by molar-refractivity contribution is 0.0523. The van der Waals surface area contributed by atoms with Crippen LogP contribution in [0.1, 0.15) is 37.5 Å². The van der Waals surface area contributed by atoms with Crippen LogP contribution in [0.2, 0.25) is 0 Å². The number of anilines is 1. The molecule has 1 amide bonds. The van der Waals surface area contributed by atoms with E-state index in [-0.39, 0.29) is 11.4 Å². The molecule has 0 aliphatic carbocycles. The molecule has 0 aromatic heterocycles. The van der Waals surface area contributed by atoms with Gasteiger partial charge in [-0.1, -0.05) is 23.8 Å². The third-order valence-electron chi connectivity index (χ3n) is 3.56. The molecule has 0 bridgehead atoms. The van der Waals surface area contributed by atoms with Crippen LogP contribution < -0.4 is 10.0 Å². The van der Waals surface area contributed by atoms with Gasteiger partial charge < -0.3 is 10.1 Å². The molecule has 2 aromatic rings. The van der Waals surface area contributed by atoms with Crippen molar-refractivity contribution in [2.75, 3.05) is 4.72 Å². The highest BCUT2D eigenvalue weighted by Crippen LogP contribution is 2.20. The quantitative estimate of drug-likeness (QED) is 0.804. The van der Waals surface area contributed by atoms with Crippen molar-refractivity contribution in [1.29, 1.82) is 0 Å². The molecule has 2 aromatic carbocycles. The van der Waals surface area contributed by atoms with Crippen LogP contribution in [0.4, 0.5) is 10.5 Å². The molecule has 146 valence electrons. The number of aryl methyl sites for hydroxylation is 2. The van der Waals surface area contributed by atoms with Crippen molar-refractivity contribution in [2.24, 2.45) is 0 Å². The Morgan fingerprint density at radius 3 is 2.22 bits per heavy atom. The van der Waals surface area contributed by atoms with Crippen LogP contribution in [-0.4, -0.2) is 20.1 Å². The van der Waals surface area contributed by atoms with Gasteiger partial charge in [-0.05, 0) is 70.0 Å². The number of sulfonamides is 1. The minimum Gasteiger partial charge on any atom is -0.444 e. The van der Waals surface area contributed by atoms with Crippen LogP contribution >= 0.6 is 0 Å². The number of alkyl carbamates (subject to hydrolysis) is 1. The summed E-state index contributed by atoms with van der Waals surface area (Å²) in [4.78, 5) is 12.0. The topological polar surface area (TPSA) is 84.5 Å². The zero-order valence-corrected chi connectivity index (χ0v) is 17.1. The molecular weight excluding hydrogens is 364 g/mol. The molecule has 0 aliphatic heterocycles. The van der Waals surface area contributed by atoms with E-state index in [0.717, 1.165) is 16.7 Å². The molecule has 0 unspecified atom stereocenters. The largest absolute Gasteiger partial charge is 0.444 e. The van der Waals surface area contributed by atoms with Crippen LogP contribution in [-0.2, 0) is 21.3 Å². The second-order valence-electron chi connectivity index (χ2n) is 7.48. The first kappa shape index (κ1) is 20.8. The SMILES string of the molecule is Cc1ccc(S(=O)(=O)Nc2cc(C)cc(CNC(=O)OC(C)(C)C)c2)cc1. The average molecular weight is 391 g/mol. The van der Waals surface area contributed by atoms with Crippen LogP contribution in [0.15, 0.2) is 47.4 Å². The summed E-state index contributed by atoms with van der Waals surface area (Å²) in [6.07, 6.45) is -0.522. The zero-order valence-electron chi connectivity index (χ0n) is 16.3. The van der Waals surface area contributed by atoms with Gasteiger partial charge in [-0.3, -0.25) is 4.72 Å². The van der Waals surface area contributed by atoms with Gasteiger partial charge in [-0.15, -0.1) is 0 Å². The predicted molar refractivity (Wildman–Crippen MR) is 106 cm³/mol. The van der Waals surface area contributed by atoms with E-state index in [9.17, 15) is 13.2 Å². The van der Waals surface area contributed by atoms with Crippen molar-refractivity contribution in [3.63, 3.8) is 0 Å². The number of nitrogens with one attached hydrogen (secondary N) is 2. The molecule has 2 rings (SSSR count). The van der Waals surface area contributed by atoms with Gasteiger partial charge in [0, 0.05) is 12.2 Å². The van der Waals surface area contributed by atoms with E-state index in [1.165, 1.54) is 0 Å². The highest BCUT2D eigenvalue weighted by atomic mass is 32.2. The monoisotopic (exact) mass is 390 g/mol. The molecule has 7 heteroatoms. The zero-order chi connectivity index (χ0) is 20.2. The Hall–Kier alpha value is -2.54. The Labute approximate surface area is 161 Å². The van der Waals surface area contributed by atoms with Crippen molar-refractivity contribution in [3.05, 3.63) is 59.2 Å². The minimum atomic E-state index is -3.68. The number of hydrogen-bond donors (Lipinski definition) is 2. The number of carbonyl (C=O) groups is 1. The highest BCUT2D eigenvalue weighted by molar-refractivity contribution is 7.92. The van der Waals surface area contributed by atoms with E-state index in [1.807, 2.05) is 19.9 Å². The van der Waals surface area contributed by atoms with E-state index in [4.69, 9.17) is 4.74 Å². The molecule has 0 heterocycles. The summed E-state index contributed by atoms with van der Waals surface area (Å²) < 4.78 is 32.9. The van der Waals surface area contributed by atoms with E-state index >= 15 is 0 Å². The maximum absolute atomic E-state index is 12.6. The van der Waals surface area contributed by atoms with E-state index < -0.39 is 21.7 Å². The van der Waals surface area contributed by atoms with Gasteiger partial charge in [0.15, 0.2) is 0 Å². The molecule has 0 aliphatic rings. The van der Waals surface area contributed by atoms with Gasteiger partial charge in [-0.25, -0.2) is 13.2 Å². The molecule has 6 nitrogen and oxygen atoms in total. The van der Waals surface area contributed by atoms with Crippen LogP contribution in [0.3, 0.4) is 0 Å². The van der Waals surface area contributed by atoms with Gasteiger partial charge in [0.25, 0.3) is 10.0 Å². The third kappa shape index (κ3) is 6.60. The molecule has 27 heavy (non-hydrogen) atoms. The van der Waals surface area contributed by atoms with Gasteiger partial charge in [0.05, 0.1) is 4.90 Å². The fraction of sp³-hybridized carbons (Fsp3) is 0.350. The highest BCUT2D eigenvalue weighted by Gasteiger charge is 2.17. The van der Waals surface area contributed by atoms with Crippen LogP contribution in [0.25, 0.3) is 0 Å². The molecule has 0 atom stereocenters. The number of benzene rings is 2. The lowest BCUT2D eigenvalue weighted by atomic mass is 10.1. The molecule has 0 radical (unpaired) electrons. The normalized spacial score (nSPS) is 11.7. The Balaban J connectivity index is 2.12. The first-order chi connectivity index (χ1) is 12.4. The minimum absolute atomic E-state index is 0.197. The first-order valence-corrected chi connectivity index (χ1v) is 10.1. The van der Waals surface area contributed by atoms with Crippen molar-refractivity contribution in [1.82, 2.24) is 5.32 Å². The van der Waals surface area contributed by atoms with Crippen LogP contribution in [0.5, 0.6) is 0 Å². The number of amides is 1. The molecule has 0 fully saturated rings. The lowest BCUT2D eigenvalue weighted by Crippen LogP contribution is -2.32. The maximum atomic E-state index is 12.6. The number of ether oxygens (including phenoxy) is 1. The standard InChI is InChI=1S/C20H26N2O4S/c1-14-6-8-18(9-7-14)27(24,25)22-17-11-15(2)10-16(12-17)13-21-19(23)26-20(3,4)5/h6-12,22H,13H2,1-5H3,(H,21,23). The fourth-order valence-electron chi connectivity index (χ4n) is 2.44.